The van der Waals surface area contributed by atoms with E-state index in [9.17, 15) is 25.3 Å². The molecule has 16 heteroatoms. The molecule has 31 heavy (non-hydrogen) atoms. The first-order chi connectivity index (χ1) is 12.8. The molecule has 0 saturated heterocycles. The normalized spacial score (nSPS) is 10.0. The Labute approximate surface area is 250 Å². The zero-order chi connectivity index (χ0) is 22.3. The van der Waals surface area contributed by atoms with Crippen LogP contribution in [0, 0.1) is 0 Å². The average Bonchev–Trinajstić information content (AvgIpc) is 2.58. The number of benzene rings is 1. The van der Waals surface area contributed by atoms with Crippen molar-refractivity contribution in [3.8, 4) is 0 Å². The monoisotopic (exact) mass is 530 g/mol. The molecule has 0 spiro atoms. The van der Waals surface area contributed by atoms with Crippen molar-refractivity contribution in [2.24, 2.45) is 0 Å². The van der Waals surface area contributed by atoms with Crippen LogP contribution in [-0.4, -0.2) is 142 Å². The van der Waals surface area contributed by atoms with Gasteiger partial charge in [0.25, 0.3) is 20.2 Å². The first-order valence-corrected chi connectivity index (χ1v) is 11.5. The summed E-state index contributed by atoms with van der Waals surface area (Å²) >= 11 is 0. The number of hydrogen-bond acceptors (Lipinski definition) is 8. The third kappa shape index (κ3) is 31.1. The summed E-state index contributed by atoms with van der Waals surface area (Å²) in [6, 6.07) is 8.00. The van der Waals surface area contributed by atoms with Crippen LogP contribution < -0.4 is 0 Å². The van der Waals surface area contributed by atoms with E-state index in [1.165, 1.54) is 24.3 Å². The Morgan fingerprint density at radius 2 is 1.16 bits per heavy atom. The maximum absolute atomic E-state index is 11.3. The second kappa shape index (κ2) is 22.9. The first-order valence-electron chi connectivity index (χ1n) is 7.13. The Morgan fingerprint density at radius 3 is 1.42 bits per heavy atom. The second-order valence-corrected chi connectivity index (χ2v) is 8.58. The van der Waals surface area contributed by atoms with Gasteiger partial charge in [-0.15, -0.1) is 19.7 Å². The Hall–Kier alpha value is 1.13. The van der Waals surface area contributed by atoms with E-state index in [4.69, 9.17) is 9.11 Å². The van der Waals surface area contributed by atoms with E-state index in [0.29, 0.717) is 0 Å². The Bertz CT molecular complexity index is 916. The maximum atomic E-state index is 11.3. The molecule has 0 aliphatic heterocycles. The number of hydrogen-bond donors (Lipinski definition) is 2. The molecule has 0 amide bonds. The summed E-state index contributed by atoms with van der Waals surface area (Å²) < 4.78 is 85.6. The van der Waals surface area contributed by atoms with E-state index in [2.05, 4.69) is 28.1 Å². The van der Waals surface area contributed by atoms with E-state index >= 15 is 0 Å². The van der Waals surface area contributed by atoms with Crippen LogP contribution in [0.25, 0.3) is 0 Å². The van der Waals surface area contributed by atoms with Crippen LogP contribution in [0.1, 0.15) is 0 Å². The van der Waals surface area contributed by atoms with E-state index in [-0.39, 0.29) is 113 Å². The van der Waals surface area contributed by atoms with E-state index in [0.717, 1.165) is 6.08 Å². The van der Waals surface area contributed by atoms with Gasteiger partial charge in [0.2, 0.25) is 0 Å². The summed E-state index contributed by atoms with van der Waals surface area (Å²) in [4.78, 5) is 0.164. The summed E-state index contributed by atoms with van der Waals surface area (Å²) in [5.74, 6) is -0.368. The first kappa shape index (κ1) is 42.3. The van der Waals surface area contributed by atoms with Crippen molar-refractivity contribution < 1.29 is 42.7 Å². The van der Waals surface area contributed by atoms with Gasteiger partial charge in [-0.2, -0.15) is 25.3 Å². The van der Waals surface area contributed by atoms with Gasteiger partial charge in [0.05, 0.1) is 23.9 Å². The molecule has 1 aromatic rings. The molecule has 0 atom stereocenters. The minimum absolute atomic E-state index is 0. The Balaban J connectivity index is -0.000000111. The summed E-state index contributed by atoms with van der Waals surface area (Å²) in [7, 11) is -11.6. The molecule has 10 nitrogen and oxygen atoms in total. The van der Waals surface area contributed by atoms with E-state index in [1.807, 2.05) is 0 Å². The van der Waals surface area contributed by atoms with Crippen molar-refractivity contribution in [1.29, 1.82) is 0 Å². The molecule has 166 valence electrons. The molecule has 0 radical (unpaired) electrons. The summed E-state index contributed by atoms with van der Waals surface area (Å²) in [6.07, 6.45) is 3.73. The fourth-order valence-corrected chi connectivity index (χ4v) is 2.54. The van der Waals surface area contributed by atoms with Gasteiger partial charge in [0.15, 0.2) is 0 Å². The predicted molar refractivity (Wildman–Crippen MR) is 126 cm³/mol. The van der Waals surface area contributed by atoms with Gasteiger partial charge in [-0.05, 0) is 12.1 Å². The fraction of sp³-hybridized carbons (Fsp3) is 0.200. The van der Waals surface area contributed by atoms with E-state index in [1.54, 1.807) is 18.2 Å². The predicted octanol–water partition coefficient (Wildman–Crippen LogP) is -0.316. The van der Waals surface area contributed by atoms with Crippen LogP contribution in [0.4, 0.5) is 0 Å². The molecular weight excluding hydrogens is 505 g/mol. The summed E-state index contributed by atoms with van der Waals surface area (Å²) in [5, 5.41) is 0. The third-order valence-electron chi connectivity index (χ3n) is 2.04. The molecule has 1 aromatic carbocycles. The van der Waals surface area contributed by atoms with Gasteiger partial charge >= 0.3 is 99.1 Å². The topological polar surface area (TPSA) is 161 Å². The van der Waals surface area contributed by atoms with Crippen molar-refractivity contribution >= 4 is 119 Å². The van der Waals surface area contributed by atoms with Crippen LogP contribution in [0.2, 0.25) is 0 Å². The third-order valence-corrected chi connectivity index (χ3v) is 4.42. The van der Waals surface area contributed by atoms with Crippen LogP contribution in [0.3, 0.4) is 0 Å². The molecule has 1 rings (SSSR count). The van der Waals surface area contributed by atoms with Crippen LogP contribution >= 0.6 is 0 Å². The number of rotatable bonds is 9. The molecule has 0 aromatic heterocycles. The van der Waals surface area contributed by atoms with Crippen LogP contribution in [-0.2, 0) is 39.0 Å². The molecule has 0 bridgehead atoms. The molecular formula is C15H25Na3O10S3. The second-order valence-electron chi connectivity index (χ2n) is 4.38. The van der Waals surface area contributed by atoms with E-state index < -0.39 is 30.6 Å². The zero-order valence-electron chi connectivity index (χ0n) is 14.7. The zero-order valence-corrected chi connectivity index (χ0v) is 17.2. The molecule has 0 fully saturated rings. The standard InChI is InChI=1S/C9H10O3S.C3H6O4S.C3H6O3S.3Na.3H/c1-2-8-12-13(10,11)9-6-4-3-5-7-9;1-2-3-7-8(4,5)6;1-2-3-7(4,5)6;;;;;;/h2-7H,1,8H2;2H,1,3H2,(H,4,5,6);2H,1,3H2,(H,4,5,6);;;;;;. The summed E-state index contributed by atoms with van der Waals surface area (Å²) in [5.41, 5.74) is 0. The SMILES string of the molecule is C=CCOS(=O)(=O)O.C=CCOS(=O)(=O)c1ccccc1.C=CCS(=O)(=O)O.[NaH].[NaH].[NaH]. The molecule has 0 aliphatic rings. The van der Waals surface area contributed by atoms with Crippen molar-refractivity contribution in [2.75, 3.05) is 19.0 Å². The van der Waals surface area contributed by atoms with Gasteiger partial charge in [0.1, 0.15) is 0 Å². The van der Waals surface area contributed by atoms with Gasteiger partial charge in [-0.1, -0.05) is 36.4 Å². The van der Waals surface area contributed by atoms with Crippen molar-refractivity contribution in [3.63, 3.8) is 0 Å². The van der Waals surface area contributed by atoms with Gasteiger partial charge in [-0.25, -0.2) is 4.18 Å². The van der Waals surface area contributed by atoms with Crippen molar-refractivity contribution in [3.05, 3.63) is 68.3 Å². The minimum atomic E-state index is -4.26. The Morgan fingerprint density at radius 1 is 0.742 bits per heavy atom. The molecule has 0 heterocycles. The van der Waals surface area contributed by atoms with Crippen molar-refractivity contribution in [1.82, 2.24) is 0 Å². The molecule has 0 aliphatic carbocycles. The molecule has 2 N–H and O–H groups in total. The van der Waals surface area contributed by atoms with Gasteiger partial charge < -0.3 is 0 Å². The van der Waals surface area contributed by atoms with Gasteiger partial charge in [-0.3, -0.25) is 13.3 Å². The molecule has 0 unspecified atom stereocenters. The quantitative estimate of drug-likeness (QED) is 0.187. The average molecular weight is 531 g/mol. The van der Waals surface area contributed by atoms with Crippen LogP contribution in [0.5, 0.6) is 0 Å². The summed E-state index contributed by atoms with van der Waals surface area (Å²) in [6.45, 7) is 9.44. The Kier molecular flexibility index (Phi) is 31.2. The fourth-order valence-electron chi connectivity index (χ4n) is 1.08. The van der Waals surface area contributed by atoms with Crippen LogP contribution in [0.15, 0.2) is 73.2 Å². The molecule has 0 saturated carbocycles. The van der Waals surface area contributed by atoms with Crippen molar-refractivity contribution in [2.45, 2.75) is 4.90 Å². The van der Waals surface area contributed by atoms with Gasteiger partial charge in [0, 0.05) is 0 Å².